The molecule has 0 bridgehead atoms. The minimum Gasteiger partial charge on any atom is -0.482 e. The molecule has 2 aromatic heterocycles. The molecule has 0 atom stereocenters. The van der Waals surface area contributed by atoms with Gasteiger partial charge in [-0.25, -0.2) is 4.98 Å². The molecule has 0 unspecified atom stereocenters. The van der Waals surface area contributed by atoms with Gasteiger partial charge in [-0.1, -0.05) is 18.2 Å². The summed E-state index contributed by atoms with van der Waals surface area (Å²) >= 11 is 0. The van der Waals surface area contributed by atoms with Crippen molar-refractivity contribution in [3.8, 4) is 17.0 Å². The van der Waals surface area contributed by atoms with Gasteiger partial charge in [0, 0.05) is 62.4 Å². The lowest BCUT2D eigenvalue weighted by Gasteiger charge is -2.36. The summed E-state index contributed by atoms with van der Waals surface area (Å²) in [5.41, 5.74) is 12.8. The van der Waals surface area contributed by atoms with Crippen LogP contribution in [0.25, 0.3) is 16.9 Å². The zero-order valence-corrected chi connectivity index (χ0v) is 20.4. The molecular formula is C28H30N6O2. The molecule has 0 saturated carbocycles. The first-order valence-electron chi connectivity index (χ1n) is 12.5. The largest absolute Gasteiger partial charge is 0.482 e. The van der Waals surface area contributed by atoms with E-state index in [1.165, 1.54) is 5.69 Å². The summed E-state index contributed by atoms with van der Waals surface area (Å²) in [6.45, 7) is 7.28. The van der Waals surface area contributed by atoms with E-state index in [9.17, 15) is 4.79 Å². The number of ether oxygens (including phenoxy) is 1. The van der Waals surface area contributed by atoms with Crippen LogP contribution in [0.5, 0.6) is 5.75 Å². The molecule has 8 nitrogen and oxygen atoms in total. The average Bonchev–Trinajstić information content (AvgIpc) is 3.26. The van der Waals surface area contributed by atoms with E-state index < -0.39 is 0 Å². The molecular weight excluding hydrogens is 452 g/mol. The van der Waals surface area contributed by atoms with E-state index in [0.717, 1.165) is 66.8 Å². The summed E-state index contributed by atoms with van der Waals surface area (Å²) in [6.07, 6.45) is 1.95. The van der Waals surface area contributed by atoms with E-state index >= 15 is 0 Å². The van der Waals surface area contributed by atoms with Gasteiger partial charge in [-0.05, 0) is 49.4 Å². The number of pyridine rings is 1. The average molecular weight is 483 g/mol. The van der Waals surface area contributed by atoms with Gasteiger partial charge in [0.25, 0.3) is 5.91 Å². The number of nitrogens with two attached hydrogens (primary N) is 1. The molecule has 36 heavy (non-hydrogen) atoms. The van der Waals surface area contributed by atoms with E-state index in [2.05, 4.69) is 44.5 Å². The van der Waals surface area contributed by atoms with Crippen LogP contribution >= 0.6 is 0 Å². The standard InChI is InChI=1S/C28H30N6O2/c1-2-33-23-16-20(8-10-25(23)36-19-27(33)35)28-24(34-17-21(29)9-11-26(34)30-28)18-31-12-14-32(15-13-31)22-6-4-3-5-7-22/h3-11,16-17H,2,12-15,18-19,29H2,1H3. The number of amides is 1. The molecule has 1 saturated heterocycles. The molecule has 0 radical (unpaired) electrons. The van der Waals surface area contributed by atoms with Crippen LogP contribution in [0.1, 0.15) is 12.6 Å². The van der Waals surface area contributed by atoms with Gasteiger partial charge in [-0.3, -0.25) is 9.69 Å². The quantitative estimate of drug-likeness (QED) is 0.468. The smallest absolute Gasteiger partial charge is 0.265 e. The van der Waals surface area contributed by atoms with Crippen LogP contribution in [-0.4, -0.2) is 59.5 Å². The van der Waals surface area contributed by atoms with Crippen molar-refractivity contribution in [2.24, 2.45) is 0 Å². The van der Waals surface area contributed by atoms with E-state index in [1.54, 1.807) is 4.90 Å². The highest BCUT2D eigenvalue weighted by Gasteiger charge is 2.26. The fraction of sp³-hybridized carbons (Fsp3) is 0.286. The van der Waals surface area contributed by atoms with Crippen molar-refractivity contribution in [3.63, 3.8) is 0 Å². The highest BCUT2D eigenvalue weighted by atomic mass is 16.5. The maximum absolute atomic E-state index is 12.4. The van der Waals surface area contributed by atoms with E-state index in [1.807, 2.05) is 43.5 Å². The van der Waals surface area contributed by atoms with Crippen LogP contribution in [0.3, 0.4) is 0 Å². The number of nitrogen functional groups attached to an aromatic ring is 1. The normalized spacial score (nSPS) is 16.3. The minimum absolute atomic E-state index is 0.0264. The first kappa shape index (κ1) is 22.4. The van der Waals surface area contributed by atoms with Crippen molar-refractivity contribution in [1.29, 1.82) is 0 Å². The first-order valence-corrected chi connectivity index (χ1v) is 12.5. The van der Waals surface area contributed by atoms with Crippen LogP contribution < -0.4 is 20.3 Å². The number of aromatic nitrogens is 2. The van der Waals surface area contributed by atoms with Crippen LogP contribution in [0, 0.1) is 0 Å². The van der Waals surface area contributed by atoms with Crippen molar-refractivity contribution in [2.45, 2.75) is 13.5 Å². The molecule has 2 N–H and O–H groups in total. The fourth-order valence-corrected chi connectivity index (χ4v) is 5.20. The maximum Gasteiger partial charge on any atom is 0.265 e. The van der Waals surface area contributed by atoms with Crippen molar-refractivity contribution in [3.05, 3.63) is 72.6 Å². The predicted octanol–water partition coefficient (Wildman–Crippen LogP) is 3.65. The van der Waals surface area contributed by atoms with E-state index in [4.69, 9.17) is 15.5 Å². The first-order chi connectivity index (χ1) is 17.6. The van der Waals surface area contributed by atoms with Gasteiger partial charge >= 0.3 is 0 Å². The number of imidazole rings is 1. The van der Waals surface area contributed by atoms with Gasteiger partial charge in [-0.15, -0.1) is 0 Å². The third kappa shape index (κ3) is 4.03. The lowest BCUT2D eigenvalue weighted by atomic mass is 10.1. The number of para-hydroxylation sites is 1. The Morgan fingerprint density at radius 1 is 1.00 bits per heavy atom. The van der Waals surface area contributed by atoms with Gasteiger partial charge in [0.15, 0.2) is 6.61 Å². The van der Waals surface area contributed by atoms with Crippen LogP contribution in [0.4, 0.5) is 17.1 Å². The maximum atomic E-state index is 12.4. The molecule has 6 rings (SSSR count). The Bertz CT molecular complexity index is 1410. The molecule has 0 aliphatic carbocycles. The van der Waals surface area contributed by atoms with Crippen molar-refractivity contribution in [1.82, 2.24) is 14.3 Å². The Morgan fingerprint density at radius 2 is 1.81 bits per heavy atom. The summed E-state index contributed by atoms with van der Waals surface area (Å²) in [5, 5.41) is 0. The summed E-state index contributed by atoms with van der Waals surface area (Å²) < 4.78 is 7.79. The Kier molecular flexibility index (Phi) is 5.73. The number of carbonyl (C=O) groups is 1. The number of fused-ring (bicyclic) bond motifs is 2. The molecule has 2 aliphatic rings. The Labute approximate surface area is 210 Å². The molecule has 2 aromatic carbocycles. The minimum atomic E-state index is -0.0264. The fourth-order valence-electron chi connectivity index (χ4n) is 5.20. The molecule has 2 aliphatic heterocycles. The monoisotopic (exact) mass is 482 g/mol. The van der Waals surface area contributed by atoms with Crippen LogP contribution in [0.2, 0.25) is 0 Å². The molecule has 1 amide bonds. The summed E-state index contributed by atoms with van der Waals surface area (Å²) in [4.78, 5) is 24.1. The Balaban J connectivity index is 1.33. The van der Waals surface area contributed by atoms with Crippen molar-refractivity contribution < 1.29 is 9.53 Å². The number of benzene rings is 2. The molecule has 0 spiro atoms. The second-order valence-corrected chi connectivity index (χ2v) is 9.31. The lowest BCUT2D eigenvalue weighted by molar-refractivity contribution is -0.121. The number of anilines is 3. The zero-order valence-electron chi connectivity index (χ0n) is 20.4. The number of nitrogens with zero attached hydrogens (tertiary/aromatic N) is 5. The van der Waals surface area contributed by atoms with Crippen LogP contribution in [0.15, 0.2) is 66.9 Å². The number of carbonyl (C=O) groups excluding carboxylic acids is 1. The number of hydrogen-bond donors (Lipinski definition) is 1. The van der Waals surface area contributed by atoms with Crippen molar-refractivity contribution >= 4 is 28.6 Å². The van der Waals surface area contributed by atoms with Gasteiger partial charge < -0.3 is 24.7 Å². The molecule has 4 aromatic rings. The topological polar surface area (TPSA) is 79.3 Å². The van der Waals surface area contributed by atoms with E-state index in [0.29, 0.717) is 12.2 Å². The highest BCUT2D eigenvalue weighted by molar-refractivity contribution is 5.98. The molecule has 4 heterocycles. The third-order valence-electron chi connectivity index (χ3n) is 7.10. The Morgan fingerprint density at radius 3 is 2.58 bits per heavy atom. The van der Waals surface area contributed by atoms with E-state index in [-0.39, 0.29) is 12.5 Å². The number of rotatable bonds is 5. The highest BCUT2D eigenvalue weighted by Crippen LogP contribution is 2.37. The SMILES string of the molecule is CCN1C(=O)COc2ccc(-c3nc4ccc(N)cn4c3CN3CCN(c4ccccc4)CC3)cc21. The zero-order chi connectivity index (χ0) is 24.6. The van der Waals surface area contributed by atoms with Gasteiger partial charge in [0.1, 0.15) is 11.4 Å². The van der Waals surface area contributed by atoms with Crippen LogP contribution in [-0.2, 0) is 11.3 Å². The predicted molar refractivity (Wildman–Crippen MR) is 142 cm³/mol. The van der Waals surface area contributed by atoms with Crippen molar-refractivity contribution in [2.75, 3.05) is 54.9 Å². The number of hydrogen-bond acceptors (Lipinski definition) is 6. The van der Waals surface area contributed by atoms with Gasteiger partial charge in [-0.2, -0.15) is 0 Å². The molecule has 1 fully saturated rings. The number of piperazine rings is 1. The second kappa shape index (κ2) is 9.20. The molecule has 184 valence electrons. The van der Waals surface area contributed by atoms with Gasteiger partial charge in [0.2, 0.25) is 0 Å². The Hall–Kier alpha value is -4.04. The summed E-state index contributed by atoms with van der Waals surface area (Å²) in [5.74, 6) is 0.702. The third-order valence-corrected chi connectivity index (χ3v) is 7.10. The second-order valence-electron chi connectivity index (χ2n) is 9.31. The summed E-state index contributed by atoms with van der Waals surface area (Å²) in [7, 11) is 0. The lowest BCUT2D eigenvalue weighted by Crippen LogP contribution is -2.46. The number of likely N-dealkylation sites (N-methyl/N-ethyl adjacent to an activating group) is 1. The van der Waals surface area contributed by atoms with Gasteiger partial charge in [0.05, 0.1) is 17.1 Å². The summed E-state index contributed by atoms with van der Waals surface area (Å²) in [6, 6.07) is 20.4. The molecule has 8 heteroatoms.